The van der Waals surface area contributed by atoms with E-state index in [-0.39, 0.29) is 12.0 Å². The van der Waals surface area contributed by atoms with Gasteiger partial charge >= 0.3 is 0 Å². The third kappa shape index (κ3) is 3.70. The maximum absolute atomic E-state index is 12.5. The first-order valence-electron chi connectivity index (χ1n) is 6.57. The number of carbonyl (C=O) groups excluding carboxylic acids is 1. The standard InChI is InChI=1S/C14H19BrN2O2/c1-2-17(9-13-4-3-5-19-13)14(18)10-6-11(15)8-12(16)7-10/h6-8,13H,2-5,9,16H2,1H3. The molecule has 104 valence electrons. The van der Waals surface area contributed by atoms with Gasteiger partial charge in [-0.3, -0.25) is 4.79 Å². The fourth-order valence-corrected chi connectivity index (χ4v) is 2.82. The van der Waals surface area contributed by atoms with Gasteiger partial charge in [-0.1, -0.05) is 15.9 Å². The molecule has 4 nitrogen and oxygen atoms in total. The van der Waals surface area contributed by atoms with E-state index in [2.05, 4.69) is 15.9 Å². The molecule has 1 amide bonds. The molecule has 0 bridgehead atoms. The maximum Gasteiger partial charge on any atom is 0.254 e. The highest BCUT2D eigenvalue weighted by Gasteiger charge is 2.22. The third-order valence-corrected chi connectivity index (χ3v) is 3.74. The topological polar surface area (TPSA) is 55.6 Å². The van der Waals surface area contributed by atoms with E-state index < -0.39 is 0 Å². The molecule has 0 aliphatic carbocycles. The van der Waals surface area contributed by atoms with E-state index in [1.807, 2.05) is 11.8 Å². The molecule has 0 saturated carbocycles. The van der Waals surface area contributed by atoms with E-state index in [1.54, 1.807) is 18.2 Å². The lowest BCUT2D eigenvalue weighted by molar-refractivity contribution is 0.0539. The summed E-state index contributed by atoms with van der Waals surface area (Å²) in [5.41, 5.74) is 6.98. The number of hydrogen-bond acceptors (Lipinski definition) is 3. The van der Waals surface area contributed by atoms with Crippen LogP contribution in [0.2, 0.25) is 0 Å². The molecule has 2 rings (SSSR count). The number of nitrogens with zero attached hydrogens (tertiary/aromatic N) is 1. The molecule has 1 aliphatic heterocycles. The molecule has 1 heterocycles. The van der Waals surface area contributed by atoms with Gasteiger partial charge in [0.05, 0.1) is 6.10 Å². The Kier molecular flexibility index (Phi) is 4.82. The minimum atomic E-state index is 0.00556. The number of benzene rings is 1. The van der Waals surface area contributed by atoms with E-state index in [9.17, 15) is 4.79 Å². The second-order valence-corrected chi connectivity index (χ2v) is 5.67. The van der Waals surface area contributed by atoms with Crippen molar-refractivity contribution in [2.24, 2.45) is 0 Å². The first-order valence-corrected chi connectivity index (χ1v) is 7.36. The van der Waals surface area contributed by atoms with Gasteiger partial charge in [-0.2, -0.15) is 0 Å². The predicted molar refractivity (Wildman–Crippen MR) is 79.1 cm³/mol. The lowest BCUT2D eigenvalue weighted by atomic mass is 10.1. The van der Waals surface area contributed by atoms with Gasteiger partial charge in [-0.15, -0.1) is 0 Å². The zero-order valence-corrected chi connectivity index (χ0v) is 12.6. The Morgan fingerprint density at radius 1 is 1.53 bits per heavy atom. The first kappa shape index (κ1) is 14.3. The van der Waals surface area contributed by atoms with Crippen molar-refractivity contribution in [1.29, 1.82) is 0 Å². The van der Waals surface area contributed by atoms with Crippen molar-refractivity contribution < 1.29 is 9.53 Å². The highest BCUT2D eigenvalue weighted by molar-refractivity contribution is 9.10. The molecule has 19 heavy (non-hydrogen) atoms. The van der Waals surface area contributed by atoms with Crippen LogP contribution in [0.25, 0.3) is 0 Å². The molecule has 1 fully saturated rings. The second-order valence-electron chi connectivity index (χ2n) is 4.75. The van der Waals surface area contributed by atoms with Crippen molar-refractivity contribution in [3.05, 3.63) is 28.2 Å². The number of likely N-dealkylation sites (N-methyl/N-ethyl adjacent to an activating group) is 1. The molecular formula is C14H19BrN2O2. The van der Waals surface area contributed by atoms with Crippen LogP contribution in [0.15, 0.2) is 22.7 Å². The Morgan fingerprint density at radius 2 is 2.32 bits per heavy atom. The number of anilines is 1. The quantitative estimate of drug-likeness (QED) is 0.865. The van der Waals surface area contributed by atoms with Gasteiger partial charge in [-0.25, -0.2) is 0 Å². The molecule has 1 atom stereocenters. The summed E-state index contributed by atoms with van der Waals surface area (Å²) in [4.78, 5) is 14.3. The number of nitrogens with two attached hydrogens (primary N) is 1. The summed E-state index contributed by atoms with van der Waals surface area (Å²) in [5, 5.41) is 0. The lowest BCUT2D eigenvalue weighted by Gasteiger charge is -2.24. The van der Waals surface area contributed by atoms with Crippen LogP contribution < -0.4 is 5.73 Å². The van der Waals surface area contributed by atoms with Crippen molar-refractivity contribution in [2.45, 2.75) is 25.9 Å². The molecule has 0 radical (unpaired) electrons. The molecule has 1 aliphatic rings. The van der Waals surface area contributed by atoms with Crippen LogP contribution in [0.5, 0.6) is 0 Å². The summed E-state index contributed by atoms with van der Waals surface area (Å²) < 4.78 is 6.41. The lowest BCUT2D eigenvalue weighted by Crippen LogP contribution is -2.37. The molecule has 1 aromatic carbocycles. The minimum Gasteiger partial charge on any atom is -0.399 e. The SMILES string of the molecule is CCN(CC1CCCO1)C(=O)c1cc(N)cc(Br)c1. The van der Waals surface area contributed by atoms with Crippen LogP contribution in [-0.2, 0) is 4.74 Å². The van der Waals surface area contributed by atoms with Crippen molar-refractivity contribution >= 4 is 27.5 Å². The largest absolute Gasteiger partial charge is 0.399 e. The van der Waals surface area contributed by atoms with Gasteiger partial charge in [0.15, 0.2) is 0 Å². The van der Waals surface area contributed by atoms with Crippen molar-refractivity contribution in [3.8, 4) is 0 Å². The van der Waals surface area contributed by atoms with Crippen LogP contribution in [0.1, 0.15) is 30.1 Å². The fourth-order valence-electron chi connectivity index (χ4n) is 2.31. The number of nitrogen functional groups attached to an aromatic ring is 1. The van der Waals surface area contributed by atoms with E-state index in [1.165, 1.54) is 0 Å². The number of ether oxygens (including phenoxy) is 1. The molecule has 0 spiro atoms. The number of hydrogen-bond donors (Lipinski definition) is 1. The molecule has 0 aromatic heterocycles. The van der Waals surface area contributed by atoms with E-state index >= 15 is 0 Å². The summed E-state index contributed by atoms with van der Waals surface area (Å²) in [5.74, 6) is 0.00556. The van der Waals surface area contributed by atoms with Gasteiger partial charge < -0.3 is 15.4 Å². The summed E-state index contributed by atoms with van der Waals surface area (Å²) in [6.07, 6.45) is 2.29. The van der Waals surface area contributed by atoms with Gasteiger partial charge in [0.25, 0.3) is 5.91 Å². The normalized spacial score (nSPS) is 18.5. The average molecular weight is 327 g/mol. The highest BCUT2D eigenvalue weighted by atomic mass is 79.9. The highest BCUT2D eigenvalue weighted by Crippen LogP contribution is 2.20. The zero-order valence-electron chi connectivity index (χ0n) is 11.1. The third-order valence-electron chi connectivity index (χ3n) is 3.28. The summed E-state index contributed by atoms with van der Waals surface area (Å²) in [6.45, 7) is 4.11. The number of amides is 1. The summed E-state index contributed by atoms with van der Waals surface area (Å²) >= 11 is 3.37. The van der Waals surface area contributed by atoms with E-state index in [4.69, 9.17) is 10.5 Å². The molecular weight excluding hydrogens is 308 g/mol. The Labute approximate surface area is 122 Å². The Hall–Kier alpha value is -1.07. The van der Waals surface area contributed by atoms with Crippen LogP contribution >= 0.6 is 15.9 Å². The average Bonchev–Trinajstić information content (AvgIpc) is 2.86. The molecule has 5 heteroatoms. The smallest absolute Gasteiger partial charge is 0.254 e. The summed E-state index contributed by atoms with van der Waals surface area (Å²) in [7, 11) is 0. The number of carbonyl (C=O) groups is 1. The van der Waals surface area contributed by atoms with Gasteiger partial charge in [0.2, 0.25) is 0 Å². The van der Waals surface area contributed by atoms with Crippen LogP contribution in [0.4, 0.5) is 5.69 Å². The molecule has 2 N–H and O–H groups in total. The maximum atomic E-state index is 12.5. The Balaban J connectivity index is 2.10. The Bertz CT molecular complexity index is 439. The Morgan fingerprint density at radius 3 is 2.89 bits per heavy atom. The van der Waals surface area contributed by atoms with Crippen molar-refractivity contribution in [3.63, 3.8) is 0 Å². The second kappa shape index (κ2) is 6.39. The molecule has 1 unspecified atom stereocenters. The van der Waals surface area contributed by atoms with E-state index in [0.29, 0.717) is 24.3 Å². The number of rotatable bonds is 4. The van der Waals surface area contributed by atoms with Crippen LogP contribution in [-0.4, -0.2) is 36.6 Å². The van der Waals surface area contributed by atoms with Crippen molar-refractivity contribution in [1.82, 2.24) is 4.90 Å². The van der Waals surface area contributed by atoms with Gasteiger partial charge in [-0.05, 0) is 38.0 Å². The van der Waals surface area contributed by atoms with E-state index in [0.717, 1.165) is 23.9 Å². The zero-order chi connectivity index (χ0) is 13.8. The minimum absolute atomic E-state index is 0.00556. The van der Waals surface area contributed by atoms with Gasteiger partial charge in [0, 0.05) is 35.4 Å². The fraction of sp³-hybridized carbons (Fsp3) is 0.500. The van der Waals surface area contributed by atoms with Crippen LogP contribution in [0, 0.1) is 0 Å². The van der Waals surface area contributed by atoms with Crippen LogP contribution in [0.3, 0.4) is 0 Å². The predicted octanol–water partition coefficient (Wildman–Crippen LogP) is 2.67. The molecule has 1 saturated heterocycles. The first-order chi connectivity index (χ1) is 9.10. The monoisotopic (exact) mass is 326 g/mol. The summed E-state index contributed by atoms with van der Waals surface area (Å²) in [6, 6.07) is 5.30. The van der Waals surface area contributed by atoms with Crippen molar-refractivity contribution in [2.75, 3.05) is 25.4 Å². The molecule has 1 aromatic rings. The number of halogens is 1. The van der Waals surface area contributed by atoms with Gasteiger partial charge in [0.1, 0.15) is 0 Å².